The van der Waals surface area contributed by atoms with Crippen LogP contribution in [0.5, 0.6) is 0 Å². The van der Waals surface area contributed by atoms with Gasteiger partial charge in [-0.25, -0.2) is 4.79 Å². The Hall–Kier alpha value is -1.00. The van der Waals surface area contributed by atoms with Crippen molar-refractivity contribution >= 4 is 17.7 Å². The van der Waals surface area contributed by atoms with Crippen molar-refractivity contribution in [2.24, 2.45) is 0 Å². The normalized spacial score (nSPS) is 10.2. The molecule has 1 aromatic carbocycles. The summed E-state index contributed by atoms with van der Waals surface area (Å²) in [6.07, 6.45) is 2.05. The van der Waals surface area contributed by atoms with Gasteiger partial charge < -0.3 is 9.47 Å². The molecule has 94 valence electrons. The van der Waals surface area contributed by atoms with Crippen LogP contribution in [-0.2, 0) is 15.2 Å². The zero-order chi connectivity index (χ0) is 12.5. The smallest absolute Gasteiger partial charge is 0.338 e. The minimum atomic E-state index is -0.291. The van der Waals surface area contributed by atoms with Crippen molar-refractivity contribution in [3.63, 3.8) is 0 Å². The minimum absolute atomic E-state index is 0.291. The summed E-state index contributed by atoms with van der Waals surface area (Å²) < 4.78 is 10.2. The van der Waals surface area contributed by atoms with E-state index in [1.165, 1.54) is 5.56 Å². The standard InChI is InChI=1S/C13H18O3S/c1-3-15-8-9-16-13(14)12-6-4-11(5-7-12)10-17-2/h4-7H,3,8-10H2,1-2H3. The van der Waals surface area contributed by atoms with Crippen molar-refractivity contribution in [1.82, 2.24) is 0 Å². The number of ether oxygens (including phenoxy) is 2. The van der Waals surface area contributed by atoms with Gasteiger partial charge in [-0.05, 0) is 30.9 Å². The highest BCUT2D eigenvalue weighted by molar-refractivity contribution is 7.97. The number of carbonyl (C=O) groups excluding carboxylic acids is 1. The summed E-state index contributed by atoms with van der Waals surface area (Å²) in [5.41, 5.74) is 1.80. The Labute approximate surface area is 106 Å². The third-order valence-corrected chi connectivity index (χ3v) is 2.79. The first kappa shape index (κ1) is 14.1. The van der Waals surface area contributed by atoms with Crippen LogP contribution in [0.4, 0.5) is 0 Å². The fourth-order valence-electron chi connectivity index (χ4n) is 1.32. The lowest BCUT2D eigenvalue weighted by Crippen LogP contribution is -2.10. The van der Waals surface area contributed by atoms with Crippen molar-refractivity contribution in [3.05, 3.63) is 35.4 Å². The first-order valence-electron chi connectivity index (χ1n) is 5.60. The molecule has 0 radical (unpaired) electrons. The lowest BCUT2D eigenvalue weighted by molar-refractivity contribution is 0.0335. The molecule has 1 aromatic rings. The molecular formula is C13H18O3S. The first-order chi connectivity index (χ1) is 8.27. The molecule has 0 bridgehead atoms. The van der Waals surface area contributed by atoms with Crippen LogP contribution in [0.3, 0.4) is 0 Å². The largest absolute Gasteiger partial charge is 0.460 e. The Kier molecular flexibility index (Phi) is 6.74. The number of esters is 1. The van der Waals surface area contributed by atoms with E-state index >= 15 is 0 Å². The Balaban J connectivity index is 2.40. The van der Waals surface area contributed by atoms with Crippen molar-refractivity contribution in [2.45, 2.75) is 12.7 Å². The van der Waals surface area contributed by atoms with Crippen LogP contribution in [0, 0.1) is 0 Å². The van der Waals surface area contributed by atoms with Gasteiger partial charge in [0.1, 0.15) is 6.61 Å². The highest BCUT2D eigenvalue weighted by Crippen LogP contribution is 2.11. The average molecular weight is 254 g/mol. The lowest BCUT2D eigenvalue weighted by atomic mass is 10.1. The second kappa shape index (κ2) is 8.14. The van der Waals surface area contributed by atoms with Gasteiger partial charge in [0.25, 0.3) is 0 Å². The van der Waals surface area contributed by atoms with Crippen molar-refractivity contribution in [1.29, 1.82) is 0 Å². The number of hydrogen-bond acceptors (Lipinski definition) is 4. The summed E-state index contributed by atoms with van der Waals surface area (Å²) in [4.78, 5) is 11.6. The van der Waals surface area contributed by atoms with Crippen LogP contribution >= 0.6 is 11.8 Å². The zero-order valence-corrected chi connectivity index (χ0v) is 11.1. The van der Waals surface area contributed by atoms with Crippen molar-refractivity contribution in [3.8, 4) is 0 Å². The van der Waals surface area contributed by atoms with E-state index in [9.17, 15) is 4.79 Å². The summed E-state index contributed by atoms with van der Waals surface area (Å²) in [6.45, 7) is 3.30. The highest BCUT2D eigenvalue weighted by Gasteiger charge is 2.06. The van der Waals surface area contributed by atoms with Gasteiger partial charge in [0.05, 0.1) is 12.2 Å². The molecule has 0 aliphatic carbocycles. The summed E-state index contributed by atoms with van der Waals surface area (Å²) in [5, 5.41) is 0. The number of rotatable bonds is 7. The number of hydrogen-bond donors (Lipinski definition) is 0. The predicted molar refractivity (Wildman–Crippen MR) is 70.4 cm³/mol. The molecule has 0 N–H and O–H groups in total. The van der Waals surface area contributed by atoms with Gasteiger partial charge in [-0.3, -0.25) is 0 Å². The van der Waals surface area contributed by atoms with Gasteiger partial charge in [0.2, 0.25) is 0 Å². The van der Waals surface area contributed by atoms with Gasteiger partial charge in [-0.15, -0.1) is 0 Å². The fraction of sp³-hybridized carbons (Fsp3) is 0.462. The molecule has 17 heavy (non-hydrogen) atoms. The summed E-state index contributed by atoms with van der Waals surface area (Å²) in [7, 11) is 0. The van der Waals surface area contributed by atoms with Crippen LogP contribution in [0.15, 0.2) is 24.3 Å². The zero-order valence-electron chi connectivity index (χ0n) is 10.3. The Morgan fingerprint density at radius 2 is 1.94 bits per heavy atom. The van der Waals surface area contributed by atoms with E-state index in [-0.39, 0.29) is 5.97 Å². The van der Waals surface area contributed by atoms with Crippen LogP contribution in [-0.4, -0.2) is 32.0 Å². The second-order valence-corrected chi connectivity index (χ2v) is 4.33. The molecule has 0 unspecified atom stereocenters. The summed E-state index contributed by atoms with van der Waals surface area (Å²) in [6, 6.07) is 7.51. The third-order valence-electron chi connectivity index (χ3n) is 2.17. The topological polar surface area (TPSA) is 35.5 Å². The van der Waals surface area contributed by atoms with E-state index in [1.807, 2.05) is 19.1 Å². The molecule has 0 atom stereocenters. The van der Waals surface area contributed by atoms with Crippen LogP contribution in [0.25, 0.3) is 0 Å². The fourth-order valence-corrected chi connectivity index (χ4v) is 1.85. The minimum Gasteiger partial charge on any atom is -0.460 e. The monoisotopic (exact) mass is 254 g/mol. The molecular weight excluding hydrogens is 236 g/mol. The van der Waals surface area contributed by atoms with Gasteiger partial charge >= 0.3 is 5.97 Å². The van der Waals surface area contributed by atoms with E-state index in [0.29, 0.717) is 25.4 Å². The van der Waals surface area contributed by atoms with E-state index in [4.69, 9.17) is 9.47 Å². The van der Waals surface area contributed by atoms with E-state index < -0.39 is 0 Å². The molecule has 0 aliphatic heterocycles. The second-order valence-electron chi connectivity index (χ2n) is 3.46. The summed E-state index contributed by atoms with van der Waals surface area (Å²) >= 11 is 1.76. The van der Waals surface area contributed by atoms with E-state index in [1.54, 1.807) is 23.9 Å². The molecule has 0 saturated heterocycles. The first-order valence-corrected chi connectivity index (χ1v) is 7.00. The molecule has 0 heterocycles. The molecule has 0 amide bonds. The maximum Gasteiger partial charge on any atom is 0.338 e. The molecule has 0 aliphatic rings. The van der Waals surface area contributed by atoms with Crippen LogP contribution in [0.1, 0.15) is 22.8 Å². The molecule has 0 saturated carbocycles. The Morgan fingerprint density at radius 1 is 1.24 bits per heavy atom. The lowest BCUT2D eigenvalue weighted by Gasteiger charge is -2.05. The van der Waals surface area contributed by atoms with Crippen LogP contribution < -0.4 is 0 Å². The number of benzene rings is 1. The SMILES string of the molecule is CCOCCOC(=O)c1ccc(CSC)cc1. The maximum absolute atomic E-state index is 11.6. The van der Waals surface area contributed by atoms with Gasteiger partial charge in [0.15, 0.2) is 0 Å². The molecule has 1 rings (SSSR count). The van der Waals surface area contributed by atoms with Crippen molar-refractivity contribution < 1.29 is 14.3 Å². The van der Waals surface area contributed by atoms with Crippen LogP contribution in [0.2, 0.25) is 0 Å². The molecule has 0 spiro atoms. The number of carbonyl (C=O) groups is 1. The third kappa shape index (κ3) is 5.24. The molecule has 3 nitrogen and oxygen atoms in total. The predicted octanol–water partition coefficient (Wildman–Crippen LogP) is 2.74. The Bertz CT molecular complexity index is 335. The van der Waals surface area contributed by atoms with Gasteiger partial charge in [-0.1, -0.05) is 12.1 Å². The number of thioether (sulfide) groups is 1. The quantitative estimate of drug-likeness (QED) is 0.553. The van der Waals surface area contributed by atoms with Crippen molar-refractivity contribution in [2.75, 3.05) is 26.1 Å². The summed E-state index contributed by atoms with van der Waals surface area (Å²) in [5.74, 6) is 0.667. The van der Waals surface area contributed by atoms with E-state index in [2.05, 4.69) is 6.26 Å². The highest BCUT2D eigenvalue weighted by atomic mass is 32.2. The average Bonchev–Trinajstić information content (AvgIpc) is 2.36. The molecule has 4 heteroatoms. The van der Waals surface area contributed by atoms with Gasteiger partial charge in [-0.2, -0.15) is 11.8 Å². The van der Waals surface area contributed by atoms with Gasteiger partial charge in [0, 0.05) is 12.4 Å². The maximum atomic E-state index is 11.6. The Morgan fingerprint density at radius 3 is 2.53 bits per heavy atom. The van der Waals surface area contributed by atoms with E-state index in [0.717, 1.165) is 5.75 Å². The molecule has 0 fully saturated rings. The molecule has 0 aromatic heterocycles.